The number of anilines is 1. The number of nitrogens with one attached hydrogen (secondary N) is 1. The second kappa shape index (κ2) is 7.00. The summed E-state index contributed by atoms with van der Waals surface area (Å²) in [6, 6.07) is 8.48. The van der Waals surface area contributed by atoms with Gasteiger partial charge in [0.05, 0.1) is 6.61 Å². The highest BCUT2D eigenvalue weighted by atomic mass is 16.5. The molecule has 0 aromatic heterocycles. The van der Waals surface area contributed by atoms with E-state index in [0.717, 1.165) is 10.6 Å². The third-order valence-electron chi connectivity index (χ3n) is 3.89. The molecule has 1 aromatic carbocycles. The fourth-order valence-corrected chi connectivity index (χ4v) is 2.81. The maximum Gasteiger partial charge on any atom is 0.325 e. The average Bonchev–Trinajstić information content (AvgIpc) is 2.72. The average molecular weight is 333 g/mol. The van der Waals surface area contributed by atoms with Crippen molar-refractivity contribution >= 4 is 23.5 Å². The summed E-state index contributed by atoms with van der Waals surface area (Å²) in [5, 5.41) is 2.59. The third-order valence-corrected chi connectivity index (χ3v) is 3.89. The molecule has 0 unspecified atom stereocenters. The minimum atomic E-state index is -1.14. The number of carbonyl (C=O) groups is 3. The largest absolute Gasteiger partial charge is 0.382 e. The second-order valence-electron chi connectivity index (χ2n) is 6.28. The van der Waals surface area contributed by atoms with E-state index in [0.29, 0.717) is 0 Å². The van der Waals surface area contributed by atoms with E-state index < -0.39 is 17.5 Å². The summed E-state index contributed by atoms with van der Waals surface area (Å²) in [6.07, 6.45) is 0. The number of para-hydroxylation sites is 1. The van der Waals surface area contributed by atoms with Gasteiger partial charge in [0.2, 0.25) is 5.91 Å². The van der Waals surface area contributed by atoms with Crippen LogP contribution in [0.4, 0.5) is 10.5 Å². The van der Waals surface area contributed by atoms with Crippen LogP contribution in [0.3, 0.4) is 0 Å². The van der Waals surface area contributed by atoms with Crippen molar-refractivity contribution in [2.24, 2.45) is 0 Å². The molecule has 0 spiro atoms. The van der Waals surface area contributed by atoms with Crippen molar-refractivity contribution in [3.05, 3.63) is 30.3 Å². The lowest BCUT2D eigenvalue weighted by atomic mass is 10.0. The van der Waals surface area contributed by atoms with Crippen molar-refractivity contribution in [1.82, 2.24) is 10.2 Å². The molecule has 7 heteroatoms. The molecule has 2 rings (SSSR count). The topological polar surface area (TPSA) is 79.0 Å². The number of carbonyl (C=O) groups excluding carboxylic acids is 3. The van der Waals surface area contributed by atoms with Gasteiger partial charge in [-0.05, 0) is 32.9 Å². The molecule has 1 aliphatic rings. The summed E-state index contributed by atoms with van der Waals surface area (Å²) in [7, 11) is 1.45. The first kappa shape index (κ1) is 17.9. The molecule has 1 saturated heterocycles. The highest BCUT2D eigenvalue weighted by molar-refractivity contribution is 6.10. The van der Waals surface area contributed by atoms with Crippen LogP contribution >= 0.6 is 0 Å². The highest BCUT2D eigenvalue weighted by Crippen LogP contribution is 2.21. The normalized spacial score (nSPS) is 20.5. The van der Waals surface area contributed by atoms with Crippen LogP contribution in [0.1, 0.15) is 20.8 Å². The van der Waals surface area contributed by atoms with Crippen LogP contribution in [0.25, 0.3) is 0 Å². The van der Waals surface area contributed by atoms with Gasteiger partial charge in [-0.25, -0.2) is 4.79 Å². The van der Waals surface area contributed by atoms with Crippen LogP contribution < -0.4 is 10.2 Å². The van der Waals surface area contributed by atoms with E-state index in [1.807, 2.05) is 44.2 Å². The van der Waals surface area contributed by atoms with Crippen molar-refractivity contribution in [3.63, 3.8) is 0 Å². The number of rotatable bonds is 6. The first-order valence-corrected chi connectivity index (χ1v) is 7.80. The Bertz CT molecular complexity index is 632. The van der Waals surface area contributed by atoms with Gasteiger partial charge in [-0.15, -0.1) is 0 Å². The molecule has 1 atom stereocenters. The van der Waals surface area contributed by atoms with E-state index in [1.165, 1.54) is 7.11 Å². The number of imide groups is 1. The molecule has 1 aromatic rings. The van der Waals surface area contributed by atoms with Crippen molar-refractivity contribution in [2.45, 2.75) is 32.4 Å². The van der Waals surface area contributed by atoms with Gasteiger partial charge < -0.3 is 15.0 Å². The Morgan fingerprint density at radius 2 is 1.92 bits per heavy atom. The number of hydrogen-bond acceptors (Lipinski definition) is 4. The number of methoxy groups -OCH3 is 1. The van der Waals surface area contributed by atoms with Gasteiger partial charge in [0, 0.05) is 18.8 Å². The van der Waals surface area contributed by atoms with Crippen LogP contribution in [0, 0.1) is 0 Å². The molecule has 0 saturated carbocycles. The van der Waals surface area contributed by atoms with Gasteiger partial charge >= 0.3 is 6.03 Å². The number of ether oxygens (including phenoxy) is 1. The molecule has 0 bridgehead atoms. The Morgan fingerprint density at radius 1 is 1.29 bits per heavy atom. The minimum Gasteiger partial charge on any atom is -0.382 e. The van der Waals surface area contributed by atoms with E-state index in [-0.39, 0.29) is 25.1 Å². The standard InChI is InChI=1S/C17H23N3O4/c1-12(2)20(13-8-6-5-7-9-13)14(21)10-19-15(22)17(3,11-24-4)18-16(19)23/h5-9,12H,10-11H2,1-4H3,(H,18,23)/t17-/m0/s1. The monoisotopic (exact) mass is 333 g/mol. The Labute approximate surface area is 141 Å². The molecular formula is C17H23N3O4. The Balaban J connectivity index is 2.19. The molecule has 1 N–H and O–H groups in total. The molecule has 24 heavy (non-hydrogen) atoms. The summed E-state index contributed by atoms with van der Waals surface area (Å²) in [5.74, 6) is -0.777. The lowest BCUT2D eigenvalue weighted by Crippen LogP contribution is -2.49. The minimum absolute atomic E-state index is 0.0504. The lowest BCUT2D eigenvalue weighted by Gasteiger charge is -2.28. The van der Waals surface area contributed by atoms with Crippen LogP contribution in [0.5, 0.6) is 0 Å². The van der Waals surface area contributed by atoms with E-state index in [2.05, 4.69) is 5.32 Å². The van der Waals surface area contributed by atoms with Gasteiger partial charge in [-0.1, -0.05) is 18.2 Å². The quantitative estimate of drug-likeness (QED) is 0.798. The molecule has 7 nitrogen and oxygen atoms in total. The Hall–Kier alpha value is -2.41. The van der Waals surface area contributed by atoms with Gasteiger partial charge in [0.1, 0.15) is 12.1 Å². The van der Waals surface area contributed by atoms with Crippen molar-refractivity contribution in [1.29, 1.82) is 0 Å². The van der Waals surface area contributed by atoms with Crippen molar-refractivity contribution < 1.29 is 19.1 Å². The van der Waals surface area contributed by atoms with Gasteiger partial charge in [-0.2, -0.15) is 0 Å². The van der Waals surface area contributed by atoms with Gasteiger partial charge in [0.25, 0.3) is 5.91 Å². The molecular weight excluding hydrogens is 310 g/mol. The van der Waals surface area contributed by atoms with E-state index in [4.69, 9.17) is 4.74 Å². The fourth-order valence-electron chi connectivity index (χ4n) is 2.81. The zero-order valence-electron chi connectivity index (χ0n) is 14.4. The van der Waals surface area contributed by atoms with E-state index in [1.54, 1.807) is 11.8 Å². The first-order valence-electron chi connectivity index (χ1n) is 7.80. The number of urea groups is 1. The molecule has 4 amide bonds. The number of benzene rings is 1. The van der Waals surface area contributed by atoms with Crippen LogP contribution in [0.2, 0.25) is 0 Å². The molecule has 1 aliphatic heterocycles. The number of amides is 4. The fraction of sp³-hybridized carbons (Fsp3) is 0.471. The third kappa shape index (κ3) is 3.41. The van der Waals surface area contributed by atoms with Crippen LogP contribution in [-0.2, 0) is 14.3 Å². The molecule has 1 fully saturated rings. The maximum absolute atomic E-state index is 12.7. The lowest BCUT2D eigenvalue weighted by molar-refractivity contribution is -0.135. The highest BCUT2D eigenvalue weighted by Gasteiger charge is 2.48. The summed E-state index contributed by atoms with van der Waals surface area (Å²) in [4.78, 5) is 39.8. The van der Waals surface area contributed by atoms with Crippen molar-refractivity contribution in [2.75, 3.05) is 25.2 Å². The summed E-state index contributed by atoms with van der Waals surface area (Å²) in [5.41, 5.74) is -0.411. The van der Waals surface area contributed by atoms with Gasteiger partial charge in [0.15, 0.2) is 0 Å². The SMILES string of the molecule is COC[C@]1(C)NC(=O)N(CC(=O)N(c2ccccc2)C(C)C)C1=O. The van der Waals surface area contributed by atoms with E-state index in [9.17, 15) is 14.4 Å². The first-order chi connectivity index (χ1) is 11.3. The molecule has 130 valence electrons. The Morgan fingerprint density at radius 3 is 2.46 bits per heavy atom. The molecule has 0 aliphatic carbocycles. The maximum atomic E-state index is 12.7. The van der Waals surface area contributed by atoms with Gasteiger partial charge in [-0.3, -0.25) is 14.5 Å². The molecule has 1 heterocycles. The summed E-state index contributed by atoms with van der Waals surface area (Å²) < 4.78 is 5.00. The smallest absolute Gasteiger partial charge is 0.325 e. The number of nitrogens with zero attached hydrogens (tertiary/aromatic N) is 2. The van der Waals surface area contributed by atoms with Crippen LogP contribution in [-0.4, -0.2) is 54.6 Å². The predicted molar refractivity (Wildman–Crippen MR) is 89.6 cm³/mol. The summed E-state index contributed by atoms with van der Waals surface area (Å²) >= 11 is 0. The second-order valence-corrected chi connectivity index (χ2v) is 6.28. The van der Waals surface area contributed by atoms with E-state index >= 15 is 0 Å². The zero-order chi connectivity index (χ0) is 17.9. The predicted octanol–water partition coefficient (Wildman–Crippen LogP) is 1.38. The van der Waals surface area contributed by atoms with Crippen LogP contribution in [0.15, 0.2) is 30.3 Å². The molecule has 0 radical (unpaired) electrons. The Kier molecular flexibility index (Phi) is 5.23. The zero-order valence-corrected chi connectivity index (χ0v) is 14.4. The van der Waals surface area contributed by atoms with Crippen molar-refractivity contribution in [3.8, 4) is 0 Å². The summed E-state index contributed by atoms with van der Waals surface area (Å²) in [6.45, 7) is 5.09. The number of hydrogen-bond donors (Lipinski definition) is 1.